The van der Waals surface area contributed by atoms with Gasteiger partial charge in [-0.2, -0.15) is 5.10 Å². The summed E-state index contributed by atoms with van der Waals surface area (Å²) in [5.41, 5.74) is 1.61. The minimum Gasteiger partial charge on any atom is -0.444 e. The molecule has 5 rings (SSSR count). The zero-order valence-electron chi connectivity index (χ0n) is 20.9. The minimum absolute atomic E-state index is 0.0531. The number of nitrogens with one attached hydrogen (secondary N) is 1. The Labute approximate surface area is 201 Å². The number of ether oxygens (including phenoxy) is 1. The molecule has 1 aromatic heterocycles. The van der Waals surface area contributed by atoms with Crippen molar-refractivity contribution in [3.8, 4) is 0 Å². The fourth-order valence-corrected chi connectivity index (χ4v) is 5.86. The summed E-state index contributed by atoms with van der Waals surface area (Å²) in [5.74, 6) is 0.494. The average molecular weight is 472 g/mol. The van der Waals surface area contributed by atoms with Crippen LogP contribution in [-0.2, 0) is 34.2 Å². The first-order chi connectivity index (χ1) is 16.1. The standard InChI is InChI=1S/C25H37N5O4/c1-24(2,3)34-23(33)29-13-6-5-10-18(29)22(32)30-15-25(11-12-25)14-19(30)21(31)26-20-16-8-7-9-17(16)27-28(20)4/h18-19H,5-15H2,1-4H3,(H,26,31)/t18-,19-/m1/s1. The van der Waals surface area contributed by atoms with E-state index in [0.29, 0.717) is 25.9 Å². The summed E-state index contributed by atoms with van der Waals surface area (Å²) in [6, 6.07) is -1.10. The van der Waals surface area contributed by atoms with Crippen LogP contribution in [0.3, 0.4) is 0 Å². The number of hydrogen-bond donors (Lipinski definition) is 1. The summed E-state index contributed by atoms with van der Waals surface area (Å²) in [6.45, 7) is 6.59. The van der Waals surface area contributed by atoms with Crippen LogP contribution in [-0.4, -0.2) is 68.3 Å². The summed E-state index contributed by atoms with van der Waals surface area (Å²) < 4.78 is 7.35. The fourth-order valence-electron chi connectivity index (χ4n) is 5.86. The molecule has 1 aromatic rings. The Bertz CT molecular complexity index is 1010. The Morgan fingerprint density at radius 2 is 1.82 bits per heavy atom. The van der Waals surface area contributed by atoms with Gasteiger partial charge in [-0.3, -0.25) is 19.2 Å². The first-order valence-electron chi connectivity index (χ1n) is 12.7. The predicted octanol–water partition coefficient (Wildman–Crippen LogP) is 3.02. The van der Waals surface area contributed by atoms with E-state index < -0.39 is 23.8 Å². The van der Waals surface area contributed by atoms with Crippen LogP contribution in [0.4, 0.5) is 10.6 Å². The van der Waals surface area contributed by atoms with E-state index >= 15 is 0 Å². The lowest BCUT2D eigenvalue weighted by atomic mass is 10.0. The van der Waals surface area contributed by atoms with Crippen molar-refractivity contribution in [3.05, 3.63) is 11.3 Å². The largest absolute Gasteiger partial charge is 0.444 e. The molecule has 1 N–H and O–H groups in total. The number of rotatable bonds is 3. The van der Waals surface area contributed by atoms with E-state index in [4.69, 9.17) is 4.74 Å². The van der Waals surface area contributed by atoms with Crippen LogP contribution in [0.1, 0.15) is 77.0 Å². The Balaban J connectivity index is 1.35. The maximum Gasteiger partial charge on any atom is 0.410 e. The molecule has 9 heteroatoms. The van der Waals surface area contributed by atoms with Gasteiger partial charge in [-0.05, 0) is 84.0 Å². The number of piperidine rings is 1. The van der Waals surface area contributed by atoms with Gasteiger partial charge in [-0.15, -0.1) is 0 Å². The van der Waals surface area contributed by atoms with Crippen LogP contribution in [0.5, 0.6) is 0 Å². The summed E-state index contributed by atoms with van der Waals surface area (Å²) in [5, 5.41) is 7.67. The van der Waals surface area contributed by atoms with Crippen molar-refractivity contribution in [1.29, 1.82) is 0 Å². The van der Waals surface area contributed by atoms with E-state index in [9.17, 15) is 14.4 Å². The summed E-state index contributed by atoms with van der Waals surface area (Å²) in [7, 11) is 1.86. The third-order valence-corrected chi connectivity index (χ3v) is 7.78. The maximum absolute atomic E-state index is 13.8. The monoisotopic (exact) mass is 471 g/mol. The smallest absolute Gasteiger partial charge is 0.410 e. The molecule has 0 aromatic carbocycles. The van der Waals surface area contributed by atoms with Gasteiger partial charge in [0.15, 0.2) is 0 Å². The lowest BCUT2D eigenvalue weighted by Crippen LogP contribution is -2.56. The molecule has 1 spiro atoms. The highest BCUT2D eigenvalue weighted by Crippen LogP contribution is 2.55. The van der Waals surface area contributed by atoms with Gasteiger partial charge in [0.25, 0.3) is 0 Å². The third-order valence-electron chi connectivity index (χ3n) is 7.78. The second-order valence-electron chi connectivity index (χ2n) is 11.6. The van der Waals surface area contributed by atoms with Gasteiger partial charge in [0.05, 0.1) is 5.69 Å². The molecule has 186 valence electrons. The molecule has 1 saturated carbocycles. The Hall–Kier alpha value is -2.58. The van der Waals surface area contributed by atoms with Crippen molar-refractivity contribution in [2.24, 2.45) is 12.5 Å². The highest BCUT2D eigenvalue weighted by Gasteiger charge is 2.56. The molecule has 3 heterocycles. The van der Waals surface area contributed by atoms with E-state index in [1.54, 1.807) is 14.5 Å². The van der Waals surface area contributed by atoms with Gasteiger partial charge in [0.1, 0.15) is 23.5 Å². The van der Waals surface area contributed by atoms with E-state index in [1.807, 2.05) is 27.8 Å². The average Bonchev–Trinajstić information content (AvgIpc) is 3.07. The lowest BCUT2D eigenvalue weighted by Gasteiger charge is -2.38. The van der Waals surface area contributed by atoms with Gasteiger partial charge >= 0.3 is 6.09 Å². The number of anilines is 1. The number of aryl methyl sites for hydroxylation is 2. The van der Waals surface area contributed by atoms with Crippen LogP contribution >= 0.6 is 0 Å². The highest BCUT2D eigenvalue weighted by atomic mass is 16.6. The van der Waals surface area contributed by atoms with Gasteiger partial charge in [0, 0.05) is 25.7 Å². The van der Waals surface area contributed by atoms with Crippen molar-refractivity contribution in [2.75, 3.05) is 18.4 Å². The van der Waals surface area contributed by atoms with Crippen molar-refractivity contribution in [2.45, 2.75) is 96.2 Å². The molecule has 3 amide bonds. The van der Waals surface area contributed by atoms with E-state index in [0.717, 1.165) is 62.0 Å². The molecule has 0 unspecified atom stereocenters. The van der Waals surface area contributed by atoms with Crippen molar-refractivity contribution in [3.63, 3.8) is 0 Å². The van der Waals surface area contributed by atoms with Crippen molar-refractivity contribution >= 4 is 23.7 Å². The molecule has 3 fully saturated rings. The SMILES string of the molecule is Cn1nc2c(c1NC(=O)[C@H]1CC3(CC3)CN1C(=O)[C@H]1CCCCN1C(=O)OC(C)(C)C)CCC2. The number of carbonyl (C=O) groups excluding carboxylic acids is 3. The Morgan fingerprint density at radius 3 is 2.53 bits per heavy atom. The first kappa shape index (κ1) is 23.2. The molecule has 0 bridgehead atoms. The highest BCUT2D eigenvalue weighted by molar-refractivity contribution is 5.99. The summed E-state index contributed by atoms with van der Waals surface area (Å²) in [4.78, 5) is 43.6. The van der Waals surface area contributed by atoms with Gasteiger partial charge in [0.2, 0.25) is 11.8 Å². The number of hydrogen-bond acceptors (Lipinski definition) is 5. The van der Waals surface area contributed by atoms with Gasteiger partial charge in [-0.1, -0.05) is 0 Å². The van der Waals surface area contributed by atoms with Gasteiger partial charge in [-0.25, -0.2) is 4.79 Å². The van der Waals surface area contributed by atoms with Crippen molar-refractivity contribution < 1.29 is 19.1 Å². The van der Waals surface area contributed by atoms with Crippen LogP contribution in [0, 0.1) is 5.41 Å². The number of fused-ring (bicyclic) bond motifs is 1. The third kappa shape index (κ3) is 4.29. The number of carbonyl (C=O) groups is 3. The Morgan fingerprint density at radius 1 is 1.06 bits per heavy atom. The number of amides is 3. The number of likely N-dealkylation sites (tertiary alicyclic amines) is 2. The molecule has 2 saturated heterocycles. The molecule has 0 radical (unpaired) electrons. The maximum atomic E-state index is 13.8. The molecule has 4 aliphatic rings. The quantitative estimate of drug-likeness (QED) is 0.731. The number of aromatic nitrogens is 2. The first-order valence-corrected chi connectivity index (χ1v) is 12.7. The zero-order valence-corrected chi connectivity index (χ0v) is 20.9. The summed E-state index contributed by atoms with van der Waals surface area (Å²) >= 11 is 0. The van der Waals surface area contributed by atoms with Crippen molar-refractivity contribution in [1.82, 2.24) is 19.6 Å². The van der Waals surface area contributed by atoms with E-state index in [1.165, 1.54) is 0 Å². The molecule has 2 aliphatic carbocycles. The van der Waals surface area contributed by atoms with E-state index in [-0.39, 0.29) is 17.2 Å². The van der Waals surface area contributed by atoms with E-state index in [2.05, 4.69) is 10.4 Å². The molecular formula is C25H37N5O4. The normalized spacial score (nSPS) is 25.4. The molecule has 34 heavy (non-hydrogen) atoms. The minimum atomic E-state index is -0.625. The molecular weight excluding hydrogens is 434 g/mol. The van der Waals surface area contributed by atoms with Crippen LogP contribution < -0.4 is 5.32 Å². The fraction of sp³-hybridized carbons (Fsp3) is 0.760. The molecule has 2 atom stereocenters. The summed E-state index contributed by atoms with van der Waals surface area (Å²) in [6.07, 6.45) is 7.58. The zero-order chi connectivity index (χ0) is 24.3. The second kappa shape index (κ2) is 8.27. The van der Waals surface area contributed by atoms with Crippen LogP contribution in [0.2, 0.25) is 0 Å². The topological polar surface area (TPSA) is 96.8 Å². The van der Waals surface area contributed by atoms with Crippen LogP contribution in [0.25, 0.3) is 0 Å². The van der Waals surface area contributed by atoms with Gasteiger partial charge < -0.3 is 15.0 Å². The number of nitrogens with zero attached hydrogens (tertiary/aromatic N) is 4. The second-order valence-corrected chi connectivity index (χ2v) is 11.6. The van der Waals surface area contributed by atoms with Crippen LogP contribution in [0.15, 0.2) is 0 Å². The predicted molar refractivity (Wildman–Crippen MR) is 126 cm³/mol. The molecule has 9 nitrogen and oxygen atoms in total. The lowest BCUT2D eigenvalue weighted by molar-refractivity contribution is -0.142. The Kier molecular flexibility index (Phi) is 5.64. The molecule has 2 aliphatic heterocycles.